The first-order chi connectivity index (χ1) is 14.4. The number of carbonyl (C=O) groups excluding carboxylic acids is 2. The standard InChI is InChI=1S/C22H21N5O3/c1-13-17(14(2)26(3)25-13)20(28)18-19(16-6-9-23-10-7-16)27(22(30)21(18)29)12-15-5-4-8-24-11-15/h4-11,19,28H,12H2,1-3H3/b20-18+/t19-/m1/s1. The molecule has 0 saturated carbocycles. The minimum atomic E-state index is -0.743. The van der Waals surface area contributed by atoms with Crippen LogP contribution in [0.4, 0.5) is 0 Å². The fourth-order valence-corrected chi connectivity index (χ4v) is 3.87. The summed E-state index contributed by atoms with van der Waals surface area (Å²) in [6.45, 7) is 3.75. The number of aromatic nitrogens is 4. The smallest absolute Gasteiger partial charge is 0.295 e. The zero-order chi connectivity index (χ0) is 21.4. The van der Waals surface area contributed by atoms with Gasteiger partial charge in [0.1, 0.15) is 5.76 Å². The van der Waals surface area contributed by atoms with Crippen molar-refractivity contribution in [1.29, 1.82) is 0 Å². The Labute approximate surface area is 173 Å². The Kier molecular flexibility index (Phi) is 4.91. The van der Waals surface area contributed by atoms with E-state index in [4.69, 9.17) is 0 Å². The lowest BCUT2D eigenvalue weighted by molar-refractivity contribution is -0.140. The summed E-state index contributed by atoms with van der Waals surface area (Å²) in [5.41, 5.74) is 3.28. The molecule has 8 nitrogen and oxygen atoms in total. The van der Waals surface area contributed by atoms with Gasteiger partial charge in [0, 0.05) is 44.1 Å². The van der Waals surface area contributed by atoms with Crippen LogP contribution in [0.1, 0.15) is 34.1 Å². The van der Waals surface area contributed by atoms with Crippen molar-refractivity contribution in [3.8, 4) is 0 Å². The third kappa shape index (κ3) is 3.16. The van der Waals surface area contributed by atoms with Crippen LogP contribution in [0.5, 0.6) is 0 Å². The fourth-order valence-electron chi connectivity index (χ4n) is 3.87. The van der Waals surface area contributed by atoms with Crippen LogP contribution in [0.25, 0.3) is 5.76 Å². The number of hydrogen-bond acceptors (Lipinski definition) is 6. The quantitative estimate of drug-likeness (QED) is 0.408. The first-order valence-corrected chi connectivity index (χ1v) is 9.48. The molecular weight excluding hydrogens is 382 g/mol. The third-order valence-corrected chi connectivity index (χ3v) is 5.38. The van der Waals surface area contributed by atoms with Crippen LogP contribution in [-0.4, -0.2) is 41.4 Å². The van der Waals surface area contributed by atoms with Crippen molar-refractivity contribution >= 4 is 17.4 Å². The van der Waals surface area contributed by atoms with E-state index in [0.717, 1.165) is 5.56 Å². The number of ketones is 1. The minimum absolute atomic E-state index is 0.0503. The average molecular weight is 403 g/mol. The molecule has 4 heterocycles. The van der Waals surface area contributed by atoms with E-state index in [-0.39, 0.29) is 17.9 Å². The number of nitrogens with zero attached hydrogens (tertiary/aromatic N) is 5. The predicted octanol–water partition coefficient (Wildman–Crippen LogP) is 2.45. The maximum absolute atomic E-state index is 13.1. The summed E-state index contributed by atoms with van der Waals surface area (Å²) < 4.78 is 1.64. The van der Waals surface area contributed by atoms with E-state index in [2.05, 4.69) is 15.1 Å². The molecule has 0 aliphatic carbocycles. The van der Waals surface area contributed by atoms with E-state index in [0.29, 0.717) is 22.5 Å². The molecule has 1 fully saturated rings. The molecule has 0 radical (unpaired) electrons. The van der Waals surface area contributed by atoms with E-state index >= 15 is 0 Å². The van der Waals surface area contributed by atoms with Crippen LogP contribution in [0, 0.1) is 13.8 Å². The molecule has 3 aromatic rings. The summed E-state index contributed by atoms with van der Waals surface area (Å²) in [5.74, 6) is -1.60. The van der Waals surface area contributed by atoms with Crippen molar-refractivity contribution in [1.82, 2.24) is 24.6 Å². The molecule has 1 atom stereocenters. The van der Waals surface area contributed by atoms with Crippen LogP contribution in [0.3, 0.4) is 0 Å². The molecule has 30 heavy (non-hydrogen) atoms. The maximum atomic E-state index is 13.1. The largest absolute Gasteiger partial charge is 0.507 e. The Morgan fingerprint density at radius 3 is 2.43 bits per heavy atom. The van der Waals surface area contributed by atoms with Crippen LogP contribution < -0.4 is 0 Å². The van der Waals surface area contributed by atoms with Crippen LogP contribution in [0.15, 0.2) is 54.6 Å². The minimum Gasteiger partial charge on any atom is -0.507 e. The number of rotatable bonds is 4. The molecule has 1 saturated heterocycles. The topological polar surface area (TPSA) is 101 Å². The van der Waals surface area contributed by atoms with Gasteiger partial charge < -0.3 is 10.0 Å². The molecule has 0 spiro atoms. The molecular formula is C22H21N5O3. The van der Waals surface area contributed by atoms with Gasteiger partial charge in [0.2, 0.25) is 0 Å². The van der Waals surface area contributed by atoms with Crippen molar-refractivity contribution in [2.75, 3.05) is 0 Å². The summed E-state index contributed by atoms with van der Waals surface area (Å²) >= 11 is 0. The van der Waals surface area contributed by atoms with Crippen molar-refractivity contribution in [3.05, 3.63) is 82.7 Å². The van der Waals surface area contributed by atoms with E-state index in [1.807, 2.05) is 13.0 Å². The first kappa shape index (κ1) is 19.5. The third-order valence-electron chi connectivity index (χ3n) is 5.38. The number of aliphatic hydroxyl groups is 1. The highest BCUT2D eigenvalue weighted by atomic mass is 16.3. The second kappa shape index (κ2) is 7.55. The lowest BCUT2D eigenvalue weighted by atomic mass is 9.95. The van der Waals surface area contributed by atoms with Gasteiger partial charge in [0.25, 0.3) is 11.7 Å². The van der Waals surface area contributed by atoms with Gasteiger partial charge in [-0.05, 0) is 43.2 Å². The zero-order valence-corrected chi connectivity index (χ0v) is 16.9. The molecule has 8 heteroatoms. The Hall–Kier alpha value is -3.81. The molecule has 0 unspecified atom stereocenters. The lowest BCUT2D eigenvalue weighted by Gasteiger charge is -2.25. The number of aryl methyl sites for hydroxylation is 2. The van der Waals surface area contributed by atoms with Crippen molar-refractivity contribution in [2.24, 2.45) is 7.05 Å². The number of hydrogen-bond donors (Lipinski definition) is 1. The second-order valence-electron chi connectivity index (χ2n) is 7.24. The van der Waals surface area contributed by atoms with Crippen molar-refractivity contribution in [3.63, 3.8) is 0 Å². The SMILES string of the molecule is Cc1nn(C)c(C)c1/C(O)=C1\C(=O)C(=O)N(Cc2cccnc2)[C@@H]1c1ccncc1. The van der Waals surface area contributed by atoms with Gasteiger partial charge in [-0.25, -0.2) is 0 Å². The highest BCUT2D eigenvalue weighted by molar-refractivity contribution is 6.46. The molecule has 0 aromatic carbocycles. The normalized spacial score (nSPS) is 18.2. The number of likely N-dealkylation sites (tertiary alicyclic amines) is 1. The average Bonchev–Trinajstić information content (AvgIpc) is 3.15. The number of carbonyl (C=O) groups is 2. The van der Waals surface area contributed by atoms with Crippen molar-refractivity contribution < 1.29 is 14.7 Å². The van der Waals surface area contributed by atoms with Gasteiger partial charge in [0.05, 0.1) is 22.9 Å². The zero-order valence-electron chi connectivity index (χ0n) is 16.9. The lowest BCUT2D eigenvalue weighted by Crippen LogP contribution is -2.29. The highest BCUT2D eigenvalue weighted by Crippen LogP contribution is 2.40. The summed E-state index contributed by atoms with van der Waals surface area (Å²) in [6, 6.07) is 6.35. The molecule has 1 aliphatic rings. The summed E-state index contributed by atoms with van der Waals surface area (Å²) in [4.78, 5) is 35.6. The molecule has 0 bridgehead atoms. The summed E-state index contributed by atoms with van der Waals surface area (Å²) in [5, 5.41) is 15.5. The van der Waals surface area contributed by atoms with Crippen molar-refractivity contribution in [2.45, 2.75) is 26.4 Å². The highest BCUT2D eigenvalue weighted by Gasteiger charge is 2.46. The maximum Gasteiger partial charge on any atom is 0.295 e. The van der Waals surface area contributed by atoms with Gasteiger partial charge in [-0.15, -0.1) is 0 Å². The number of aliphatic hydroxyl groups excluding tert-OH is 1. The second-order valence-corrected chi connectivity index (χ2v) is 7.24. The molecule has 1 N–H and O–H groups in total. The van der Waals surface area contributed by atoms with E-state index in [1.165, 1.54) is 4.90 Å². The first-order valence-electron chi connectivity index (χ1n) is 9.48. The fraction of sp³-hybridized carbons (Fsp3) is 0.227. The Bertz CT molecular complexity index is 1150. The van der Waals surface area contributed by atoms with Crippen LogP contribution in [0.2, 0.25) is 0 Å². The molecule has 3 aromatic heterocycles. The molecule has 1 amide bonds. The number of pyridine rings is 2. The monoisotopic (exact) mass is 403 g/mol. The van der Waals surface area contributed by atoms with Gasteiger partial charge in [-0.2, -0.15) is 5.10 Å². The van der Waals surface area contributed by atoms with Gasteiger partial charge >= 0.3 is 0 Å². The molecule has 1 aliphatic heterocycles. The van der Waals surface area contributed by atoms with Crippen LogP contribution in [-0.2, 0) is 23.2 Å². The molecule has 152 valence electrons. The summed E-state index contributed by atoms with van der Waals surface area (Å²) in [6.07, 6.45) is 6.49. The Morgan fingerprint density at radius 2 is 1.83 bits per heavy atom. The Morgan fingerprint density at radius 1 is 1.10 bits per heavy atom. The number of Topliss-reactive ketones (excluding diaryl/α,β-unsaturated/α-hetero) is 1. The predicted molar refractivity (Wildman–Crippen MR) is 109 cm³/mol. The van der Waals surface area contributed by atoms with E-state index in [1.54, 1.807) is 61.6 Å². The van der Waals surface area contributed by atoms with E-state index in [9.17, 15) is 14.7 Å². The van der Waals surface area contributed by atoms with Gasteiger partial charge in [0.15, 0.2) is 0 Å². The van der Waals surface area contributed by atoms with Gasteiger partial charge in [-0.3, -0.25) is 24.2 Å². The van der Waals surface area contributed by atoms with E-state index < -0.39 is 17.7 Å². The Balaban J connectivity index is 1.90. The summed E-state index contributed by atoms with van der Waals surface area (Å²) in [7, 11) is 1.76. The van der Waals surface area contributed by atoms with Crippen LogP contribution >= 0.6 is 0 Å². The number of amides is 1. The van der Waals surface area contributed by atoms with Gasteiger partial charge in [-0.1, -0.05) is 6.07 Å². The molecule has 4 rings (SSSR count).